The fraction of sp³-hybridized carbons (Fsp3) is 0.370. The third-order valence-corrected chi connectivity index (χ3v) is 5.53. The van der Waals surface area contributed by atoms with Crippen LogP contribution in [0.5, 0.6) is 0 Å². The van der Waals surface area contributed by atoms with Gasteiger partial charge in [-0.25, -0.2) is 0 Å². The number of nitrogens with zero attached hydrogens (tertiary/aromatic N) is 5. The molecule has 41 heavy (non-hydrogen) atoms. The third kappa shape index (κ3) is 9.36. The number of ether oxygens (including phenoxy) is 4. The van der Waals surface area contributed by atoms with Crippen molar-refractivity contribution in [3.63, 3.8) is 0 Å². The molecule has 14 heteroatoms. The first kappa shape index (κ1) is 31.2. The van der Waals surface area contributed by atoms with E-state index in [1.165, 1.54) is 6.26 Å². The maximum atomic E-state index is 13.1. The standard InChI is InChI=1S/C26H32N6O6.CH2O2/c1-34-14-16-36-12-9-31-19-20(18-28-31)25-24(29-26(33)22-7-5-11-38-22)23(21-6-3-4-8-27-21)30-32(25)10-13-37-17-15-35-2;2-1-3/h3-8,11,18-19H,9-10,12-17H2,1-2H3,(H,29,33);1H,(H,2,3). The predicted molar refractivity (Wildman–Crippen MR) is 147 cm³/mol. The molecule has 0 unspecified atom stereocenters. The van der Waals surface area contributed by atoms with Gasteiger partial charge in [0.25, 0.3) is 12.4 Å². The molecule has 14 nitrogen and oxygen atoms in total. The van der Waals surface area contributed by atoms with Gasteiger partial charge in [-0.15, -0.1) is 0 Å². The highest BCUT2D eigenvalue weighted by molar-refractivity contribution is 6.06. The Hall–Kier alpha value is -4.37. The van der Waals surface area contributed by atoms with Gasteiger partial charge in [-0.05, 0) is 24.3 Å². The topological polar surface area (TPSA) is 165 Å². The van der Waals surface area contributed by atoms with Gasteiger partial charge < -0.3 is 33.8 Å². The van der Waals surface area contributed by atoms with Crippen LogP contribution in [0.4, 0.5) is 5.69 Å². The molecule has 2 N–H and O–H groups in total. The Morgan fingerprint density at radius 1 is 1.02 bits per heavy atom. The van der Waals surface area contributed by atoms with Crippen molar-refractivity contribution in [2.45, 2.75) is 13.1 Å². The number of anilines is 1. The lowest BCUT2D eigenvalue weighted by molar-refractivity contribution is -0.122. The molecule has 0 atom stereocenters. The summed E-state index contributed by atoms with van der Waals surface area (Å²) in [4.78, 5) is 25.9. The summed E-state index contributed by atoms with van der Waals surface area (Å²) in [5, 5.41) is 19.2. The molecule has 4 aromatic rings. The Morgan fingerprint density at radius 2 is 1.76 bits per heavy atom. The van der Waals surface area contributed by atoms with Crippen LogP contribution < -0.4 is 5.32 Å². The normalized spacial score (nSPS) is 10.7. The average molecular weight is 571 g/mol. The van der Waals surface area contributed by atoms with Crippen LogP contribution in [0.1, 0.15) is 10.6 Å². The molecule has 0 aliphatic rings. The van der Waals surface area contributed by atoms with Crippen molar-refractivity contribution in [3.05, 3.63) is 60.9 Å². The number of carbonyl (C=O) groups excluding carboxylic acids is 1. The van der Waals surface area contributed by atoms with Gasteiger partial charge in [-0.1, -0.05) is 6.07 Å². The summed E-state index contributed by atoms with van der Waals surface area (Å²) in [5.74, 6) is -0.217. The Bertz CT molecular complexity index is 1310. The van der Waals surface area contributed by atoms with Gasteiger partial charge in [-0.2, -0.15) is 10.2 Å². The number of amides is 1. The number of furan rings is 1. The second kappa shape index (κ2) is 17.3. The molecule has 4 heterocycles. The molecule has 0 spiro atoms. The molecule has 0 saturated heterocycles. The number of rotatable bonds is 16. The second-order valence-corrected chi connectivity index (χ2v) is 8.25. The quantitative estimate of drug-likeness (QED) is 0.150. The van der Waals surface area contributed by atoms with Crippen LogP contribution in [0.3, 0.4) is 0 Å². The molecule has 4 aromatic heterocycles. The Morgan fingerprint density at radius 3 is 2.39 bits per heavy atom. The van der Waals surface area contributed by atoms with E-state index in [1.807, 2.05) is 24.4 Å². The zero-order valence-electron chi connectivity index (χ0n) is 23.0. The van der Waals surface area contributed by atoms with Gasteiger partial charge in [0.15, 0.2) is 5.76 Å². The van der Waals surface area contributed by atoms with E-state index < -0.39 is 5.91 Å². The van der Waals surface area contributed by atoms with E-state index in [0.29, 0.717) is 75.5 Å². The first-order valence-electron chi connectivity index (χ1n) is 12.7. The van der Waals surface area contributed by atoms with Crippen LogP contribution in [-0.2, 0) is 36.8 Å². The first-order chi connectivity index (χ1) is 20.1. The highest BCUT2D eigenvalue weighted by Crippen LogP contribution is 2.36. The summed E-state index contributed by atoms with van der Waals surface area (Å²) in [5.41, 5.74) is 3.07. The molecule has 4 rings (SSSR count). The predicted octanol–water partition coefficient (Wildman–Crippen LogP) is 2.68. The Balaban J connectivity index is 0.00000147. The van der Waals surface area contributed by atoms with E-state index >= 15 is 0 Å². The van der Waals surface area contributed by atoms with E-state index in [1.54, 1.807) is 48.1 Å². The molecule has 1 amide bonds. The molecular weight excluding hydrogens is 536 g/mol. The molecule has 0 aliphatic carbocycles. The van der Waals surface area contributed by atoms with Crippen molar-refractivity contribution >= 4 is 18.1 Å². The molecule has 0 aliphatic heterocycles. The summed E-state index contributed by atoms with van der Waals surface area (Å²) in [7, 11) is 3.26. The van der Waals surface area contributed by atoms with E-state index in [9.17, 15) is 4.79 Å². The zero-order valence-corrected chi connectivity index (χ0v) is 23.0. The number of hydrogen-bond donors (Lipinski definition) is 2. The number of hydrogen-bond acceptors (Lipinski definition) is 10. The third-order valence-electron chi connectivity index (χ3n) is 5.53. The highest BCUT2D eigenvalue weighted by atomic mass is 16.5. The average Bonchev–Trinajstić information content (AvgIpc) is 3.75. The number of methoxy groups -OCH3 is 2. The largest absolute Gasteiger partial charge is 0.483 e. The van der Waals surface area contributed by atoms with Gasteiger partial charge >= 0.3 is 0 Å². The minimum atomic E-state index is -0.400. The van der Waals surface area contributed by atoms with Gasteiger partial charge in [0.1, 0.15) is 5.69 Å². The Labute approximate surface area is 236 Å². The van der Waals surface area contributed by atoms with Crippen LogP contribution in [0.15, 0.2) is 59.6 Å². The summed E-state index contributed by atoms with van der Waals surface area (Å²) in [6.07, 6.45) is 6.76. The minimum Gasteiger partial charge on any atom is -0.483 e. The lowest BCUT2D eigenvalue weighted by Crippen LogP contribution is -2.13. The second-order valence-electron chi connectivity index (χ2n) is 8.25. The number of aromatic nitrogens is 5. The molecule has 0 fully saturated rings. The number of pyridine rings is 1. The zero-order chi connectivity index (χ0) is 29.3. The first-order valence-corrected chi connectivity index (χ1v) is 12.7. The van der Waals surface area contributed by atoms with Crippen molar-refractivity contribution < 1.29 is 38.1 Å². The molecular formula is C27H34N6O8. The molecule has 0 saturated carbocycles. The van der Waals surface area contributed by atoms with Crippen molar-refractivity contribution in [1.29, 1.82) is 0 Å². The SMILES string of the molecule is COCCOCCn1cc(-c2c(NC(=O)c3ccco3)c(-c3ccccn3)nn2CCOCCOC)cn1.O=CO. The van der Waals surface area contributed by atoms with Crippen LogP contribution in [0.2, 0.25) is 0 Å². The van der Waals surface area contributed by atoms with Crippen molar-refractivity contribution in [1.82, 2.24) is 24.5 Å². The van der Waals surface area contributed by atoms with Crippen molar-refractivity contribution in [3.8, 4) is 22.6 Å². The van der Waals surface area contributed by atoms with E-state index in [-0.39, 0.29) is 12.2 Å². The van der Waals surface area contributed by atoms with Crippen LogP contribution in [0.25, 0.3) is 22.6 Å². The van der Waals surface area contributed by atoms with Crippen LogP contribution in [-0.4, -0.2) is 95.9 Å². The molecule has 220 valence electrons. The van der Waals surface area contributed by atoms with E-state index in [0.717, 1.165) is 5.56 Å². The monoisotopic (exact) mass is 570 g/mol. The maximum absolute atomic E-state index is 13.1. The van der Waals surface area contributed by atoms with Crippen molar-refractivity contribution in [2.24, 2.45) is 0 Å². The summed E-state index contributed by atoms with van der Waals surface area (Å²) in [6, 6.07) is 8.80. The summed E-state index contributed by atoms with van der Waals surface area (Å²) >= 11 is 0. The molecule has 0 aromatic carbocycles. The van der Waals surface area contributed by atoms with E-state index in [4.69, 9.17) is 38.4 Å². The highest BCUT2D eigenvalue weighted by Gasteiger charge is 2.25. The fourth-order valence-corrected chi connectivity index (χ4v) is 3.71. The number of carbonyl (C=O) groups is 2. The lowest BCUT2D eigenvalue weighted by Gasteiger charge is -2.10. The minimum absolute atomic E-state index is 0.183. The molecule has 0 bridgehead atoms. The summed E-state index contributed by atoms with van der Waals surface area (Å²) < 4.78 is 30.3. The summed E-state index contributed by atoms with van der Waals surface area (Å²) in [6.45, 7) is 3.62. The maximum Gasteiger partial charge on any atom is 0.291 e. The van der Waals surface area contributed by atoms with Crippen molar-refractivity contribution in [2.75, 3.05) is 59.2 Å². The van der Waals surface area contributed by atoms with Crippen LogP contribution in [0, 0.1) is 0 Å². The smallest absolute Gasteiger partial charge is 0.291 e. The van der Waals surface area contributed by atoms with Crippen LogP contribution >= 0.6 is 0 Å². The van der Waals surface area contributed by atoms with Gasteiger partial charge in [0, 0.05) is 32.2 Å². The van der Waals surface area contributed by atoms with Gasteiger partial charge in [-0.3, -0.25) is 23.9 Å². The number of nitrogens with one attached hydrogen (secondary N) is 1. The fourth-order valence-electron chi connectivity index (χ4n) is 3.71. The van der Waals surface area contributed by atoms with Gasteiger partial charge in [0.2, 0.25) is 0 Å². The van der Waals surface area contributed by atoms with Gasteiger partial charge in [0.05, 0.1) is 82.3 Å². The number of carboxylic acid groups (broad SMARTS) is 1. The Kier molecular flexibility index (Phi) is 13.2. The molecule has 0 radical (unpaired) electrons. The van der Waals surface area contributed by atoms with E-state index in [2.05, 4.69) is 15.4 Å². The lowest BCUT2D eigenvalue weighted by atomic mass is 10.1.